The number of aromatic nitrogens is 1. The van der Waals surface area contributed by atoms with Crippen molar-refractivity contribution in [3.63, 3.8) is 0 Å². The van der Waals surface area contributed by atoms with Crippen molar-refractivity contribution in [2.45, 2.75) is 24.8 Å². The van der Waals surface area contributed by atoms with Crippen LogP contribution < -0.4 is 16.8 Å². The fourth-order valence-corrected chi connectivity index (χ4v) is 2.89. The predicted octanol–water partition coefficient (Wildman–Crippen LogP) is -1.59. The van der Waals surface area contributed by atoms with Crippen LogP contribution in [-0.2, 0) is 21.5 Å². The van der Waals surface area contributed by atoms with Crippen molar-refractivity contribution in [3.8, 4) is 5.75 Å². The third-order valence-corrected chi connectivity index (χ3v) is 4.50. The normalized spacial score (nSPS) is 12.7. The van der Waals surface area contributed by atoms with E-state index in [4.69, 9.17) is 26.5 Å². The van der Waals surface area contributed by atoms with Gasteiger partial charge in [-0.1, -0.05) is 12.1 Å². The number of guanidine groups is 1. The number of nitrogens with two attached hydrogens (primary N) is 2. The Morgan fingerprint density at radius 1 is 1.24 bits per heavy atom. The predicted molar refractivity (Wildman–Crippen MR) is 117 cm³/mol. The van der Waals surface area contributed by atoms with E-state index in [9.17, 15) is 24.7 Å². The van der Waals surface area contributed by atoms with Gasteiger partial charge in [-0.05, 0) is 42.7 Å². The maximum atomic E-state index is 13.0. The topological polar surface area (TPSA) is 242 Å². The van der Waals surface area contributed by atoms with Crippen LogP contribution >= 0.6 is 0 Å². The number of carboxylic acids is 1. The molecule has 1 heterocycles. The van der Waals surface area contributed by atoms with E-state index < -0.39 is 36.2 Å². The molecule has 0 aliphatic carbocycles. The highest BCUT2D eigenvalue weighted by atomic mass is 16.4. The number of nitrogens with zero attached hydrogens (tertiary/aromatic N) is 2. The van der Waals surface area contributed by atoms with Crippen molar-refractivity contribution < 1.29 is 39.8 Å². The summed E-state index contributed by atoms with van der Waals surface area (Å²) in [7, 11) is -2.03. The van der Waals surface area contributed by atoms with Crippen LogP contribution in [-0.4, -0.2) is 67.7 Å². The Balaban J connectivity index is 0.00000172. The van der Waals surface area contributed by atoms with Crippen molar-refractivity contribution in [1.29, 1.82) is 0 Å². The number of carbonyl (C=O) groups excluding carboxylic acids is 1. The number of aliphatic imine (C=N–C) groups is 1. The van der Waals surface area contributed by atoms with Crippen molar-refractivity contribution in [2.75, 3.05) is 0 Å². The summed E-state index contributed by atoms with van der Waals surface area (Å²) in [5, 5.41) is 48.1. The van der Waals surface area contributed by atoms with Crippen LogP contribution in [0.5, 0.6) is 5.75 Å². The van der Waals surface area contributed by atoms with Gasteiger partial charge >= 0.3 is 13.1 Å². The molecule has 0 saturated carbocycles. The van der Waals surface area contributed by atoms with Crippen LogP contribution in [0.2, 0.25) is 0 Å². The third kappa shape index (κ3) is 7.19. The van der Waals surface area contributed by atoms with Crippen LogP contribution in [0.4, 0.5) is 0 Å². The van der Waals surface area contributed by atoms with Gasteiger partial charge in [-0.3, -0.25) is 14.6 Å². The molecule has 0 aliphatic heterocycles. The maximum absolute atomic E-state index is 13.0. The summed E-state index contributed by atoms with van der Waals surface area (Å²) in [5.41, 5.74) is 9.48. The van der Waals surface area contributed by atoms with Gasteiger partial charge in [0.15, 0.2) is 11.5 Å². The van der Waals surface area contributed by atoms with Crippen molar-refractivity contribution in [2.24, 2.45) is 16.5 Å². The second-order valence-corrected chi connectivity index (χ2v) is 6.77. The molecule has 13 nitrogen and oxygen atoms in total. The van der Waals surface area contributed by atoms with Gasteiger partial charge in [-0.2, -0.15) is 0 Å². The molecule has 2 unspecified atom stereocenters. The van der Waals surface area contributed by atoms with Crippen LogP contribution in [0.1, 0.15) is 28.4 Å². The lowest BCUT2D eigenvalue weighted by Gasteiger charge is -2.28. The first kappa shape index (κ1) is 26.9. The zero-order valence-electron chi connectivity index (χ0n) is 17.5. The van der Waals surface area contributed by atoms with E-state index in [2.05, 4.69) is 15.3 Å². The monoisotopic (exact) mass is 461 g/mol. The highest BCUT2D eigenvalue weighted by molar-refractivity contribution is 6.43. The van der Waals surface area contributed by atoms with E-state index in [1.807, 2.05) is 0 Å². The summed E-state index contributed by atoms with van der Waals surface area (Å²) in [6.07, 6.45) is 2.61. The van der Waals surface area contributed by atoms with E-state index in [1.165, 1.54) is 49.6 Å². The molecule has 2 rings (SSSR count). The minimum Gasteiger partial charge on any atom is -0.507 e. The largest absolute Gasteiger partial charge is 0.507 e. The molecule has 0 aliphatic rings. The molecule has 0 radical (unpaired) electrons. The van der Waals surface area contributed by atoms with Crippen molar-refractivity contribution in [1.82, 2.24) is 10.3 Å². The Kier molecular flexibility index (Phi) is 9.79. The van der Waals surface area contributed by atoms with Crippen LogP contribution in [0.25, 0.3) is 0 Å². The van der Waals surface area contributed by atoms with Crippen LogP contribution in [0.15, 0.2) is 47.7 Å². The molecule has 1 amide bonds. The number of nitrogens with one attached hydrogen (secondary N) is 1. The van der Waals surface area contributed by atoms with Gasteiger partial charge in [0, 0.05) is 12.4 Å². The molecule has 1 aromatic carbocycles. The Morgan fingerprint density at radius 2 is 1.82 bits per heavy atom. The third-order valence-electron chi connectivity index (χ3n) is 4.50. The molecule has 0 bridgehead atoms. The number of aromatic carboxylic acids is 1. The Hall–Kier alpha value is -4.17. The highest BCUT2D eigenvalue weighted by Gasteiger charge is 2.38. The average molecular weight is 461 g/mol. The SMILES string of the molecule is CC(N=C(N)N)(C(=O)NC(Cc1cccc(C(=O)O)c1O)B(O)O)c1ccncc1.O=CO. The second kappa shape index (κ2) is 12.0. The molecule has 176 valence electrons. The molecule has 10 N–H and O–H groups in total. The smallest absolute Gasteiger partial charge is 0.475 e. The molecule has 14 heteroatoms. The van der Waals surface area contributed by atoms with Crippen LogP contribution in [0.3, 0.4) is 0 Å². The Bertz CT molecular complexity index is 1000. The number of aromatic hydroxyl groups is 1. The van der Waals surface area contributed by atoms with Crippen LogP contribution in [0, 0.1) is 0 Å². The number of carbonyl (C=O) groups is 3. The summed E-state index contributed by atoms with van der Waals surface area (Å²) in [6.45, 7) is 1.18. The first-order valence-corrected chi connectivity index (χ1v) is 9.28. The molecule has 0 fully saturated rings. The lowest BCUT2D eigenvalue weighted by molar-refractivity contribution is -0.126. The summed E-state index contributed by atoms with van der Waals surface area (Å²) >= 11 is 0. The minimum atomic E-state index is -2.03. The summed E-state index contributed by atoms with van der Waals surface area (Å²) < 4.78 is 0. The lowest BCUT2D eigenvalue weighted by atomic mass is 9.75. The standard InChI is InChI=1S/C18H22BN5O6.CH2O2/c1-18(24-17(20)21,11-5-7-22-8-6-11)16(28)23-13(19(29)30)9-10-3-2-4-12(14(10)25)15(26)27;2-1-3/h2-8,13,25,29-30H,9H2,1H3,(H,23,28)(H,26,27)(H4,20,21,24);1H,(H,2,3). The van der Waals surface area contributed by atoms with Gasteiger partial charge < -0.3 is 42.2 Å². The number of pyridine rings is 1. The fourth-order valence-electron chi connectivity index (χ4n) is 2.89. The maximum Gasteiger partial charge on any atom is 0.475 e. The lowest BCUT2D eigenvalue weighted by Crippen LogP contribution is -2.53. The molecule has 33 heavy (non-hydrogen) atoms. The molecule has 1 aromatic heterocycles. The number of rotatable bonds is 8. The fraction of sp³-hybridized carbons (Fsp3) is 0.211. The zero-order valence-corrected chi connectivity index (χ0v) is 17.5. The number of carboxylic acid groups (broad SMARTS) is 2. The van der Waals surface area contributed by atoms with Gasteiger partial charge in [0.05, 0.1) is 5.94 Å². The van der Waals surface area contributed by atoms with E-state index in [-0.39, 0.29) is 30.0 Å². The average Bonchev–Trinajstić information content (AvgIpc) is 2.74. The van der Waals surface area contributed by atoms with Gasteiger partial charge in [-0.15, -0.1) is 0 Å². The van der Waals surface area contributed by atoms with E-state index in [0.29, 0.717) is 5.56 Å². The van der Waals surface area contributed by atoms with Crippen molar-refractivity contribution >= 4 is 31.4 Å². The number of hydrogen-bond donors (Lipinski definition) is 8. The summed E-state index contributed by atoms with van der Waals surface area (Å²) in [6, 6.07) is 7.05. The van der Waals surface area contributed by atoms with E-state index in [0.717, 1.165) is 0 Å². The van der Waals surface area contributed by atoms with Gasteiger partial charge in [0.2, 0.25) is 0 Å². The van der Waals surface area contributed by atoms with Crippen molar-refractivity contribution in [3.05, 3.63) is 59.4 Å². The van der Waals surface area contributed by atoms with E-state index in [1.54, 1.807) is 0 Å². The summed E-state index contributed by atoms with van der Waals surface area (Å²) in [5.74, 6) is -4.31. The quantitative estimate of drug-likeness (QED) is 0.0964. The minimum absolute atomic E-state index is 0.0979. The molecule has 2 atom stereocenters. The number of phenols is 1. The van der Waals surface area contributed by atoms with Gasteiger partial charge in [-0.25, -0.2) is 9.79 Å². The molecular formula is C19H24BN5O8. The molecular weight excluding hydrogens is 437 g/mol. The Labute approximate surface area is 188 Å². The number of hydrogen-bond acceptors (Lipinski definition) is 8. The summed E-state index contributed by atoms with van der Waals surface area (Å²) in [4.78, 5) is 40.5. The highest BCUT2D eigenvalue weighted by Crippen LogP contribution is 2.27. The van der Waals surface area contributed by atoms with Gasteiger partial charge in [0.1, 0.15) is 11.3 Å². The second-order valence-electron chi connectivity index (χ2n) is 6.77. The first-order valence-electron chi connectivity index (χ1n) is 9.28. The molecule has 0 spiro atoms. The van der Waals surface area contributed by atoms with E-state index >= 15 is 0 Å². The molecule has 0 saturated heterocycles. The number of para-hydroxylation sites is 1. The first-order chi connectivity index (χ1) is 15.5. The number of benzene rings is 1. The number of amides is 1. The van der Waals surface area contributed by atoms with Gasteiger partial charge in [0.25, 0.3) is 12.4 Å². The Morgan fingerprint density at radius 3 is 2.30 bits per heavy atom. The molecule has 2 aromatic rings. The zero-order chi connectivity index (χ0) is 25.2.